The maximum absolute atomic E-state index is 9.37. The van der Waals surface area contributed by atoms with Crippen molar-refractivity contribution in [1.29, 1.82) is 0 Å². The van der Waals surface area contributed by atoms with Crippen LogP contribution in [0.15, 0.2) is 18.5 Å². The number of anilines is 1. The topological polar surface area (TPSA) is 53.7 Å². The molecule has 2 heterocycles. The van der Waals surface area contributed by atoms with Crippen molar-refractivity contribution in [2.24, 2.45) is 0 Å². The summed E-state index contributed by atoms with van der Waals surface area (Å²) in [4.78, 5) is 6.50. The van der Waals surface area contributed by atoms with Gasteiger partial charge in [0.2, 0.25) is 0 Å². The molecule has 2 rings (SSSR count). The first-order valence-electron chi connectivity index (χ1n) is 6.72. The Morgan fingerprint density at radius 3 is 2.74 bits per heavy atom. The van der Waals surface area contributed by atoms with Crippen molar-refractivity contribution in [3.63, 3.8) is 0 Å². The molecule has 0 aliphatic rings. The first-order chi connectivity index (χ1) is 8.99. The monoisotopic (exact) mass is 262 g/mol. The molecule has 0 spiro atoms. The molecule has 5 heteroatoms. The average Bonchev–Trinajstić information content (AvgIpc) is 2.79. The van der Waals surface area contributed by atoms with E-state index in [0.717, 1.165) is 30.0 Å². The van der Waals surface area contributed by atoms with Gasteiger partial charge >= 0.3 is 0 Å². The van der Waals surface area contributed by atoms with Gasteiger partial charge in [-0.15, -0.1) is 0 Å². The predicted octanol–water partition coefficient (Wildman–Crippen LogP) is 2.06. The Hall–Kier alpha value is -1.62. The fourth-order valence-electron chi connectivity index (χ4n) is 1.99. The SMILES string of the molecule is CC(O)CCN(C)c1nccn2nc(C(C)C)cc12. The van der Waals surface area contributed by atoms with E-state index in [1.807, 2.05) is 17.8 Å². The highest BCUT2D eigenvalue weighted by molar-refractivity contribution is 5.68. The first-order valence-corrected chi connectivity index (χ1v) is 6.72. The van der Waals surface area contributed by atoms with Gasteiger partial charge in [0.05, 0.1) is 11.8 Å². The zero-order chi connectivity index (χ0) is 14.0. The second-order valence-corrected chi connectivity index (χ2v) is 5.36. The summed E-state index contributed by atoms with van der Waals surface area (Å²) < 4.78 is 1.87. The van der Waals surface area contributed by atoms with E-state index in [0.29, 0.717) is 5.92 Å². The molecular formula is C14H22N4O. The normalized spacial score (nSPS) is 13.2. The Balaban J connectivity index is 2.32. The molecule has 0 saturated carbocycles. The summed E-state index contributed by atoms with van der Waals surface area (Å²) in [6, 6.07) is 2.09. The van der Waals surface area contributed by atoms with Crippen LogP contribution in [0.2, 0.25) is 0 Å². The molecule has 2 aromatic rings. The van der Waals surface area contributed by atoms with Gasteiger partial charge in [-0.25, -0.2) is 9.50 Å². The lowest BCUT2D eigenvalue weighted by atomic mass is 10.1. The molecule has 1 N–H and O–H groups in total. The highest BCUT2D eigenvalue weighted by atomic mass is 16.3. The smallest absolute Gasteiger partial charge is 0.154 e. The molecule has 2 aromatic heterocycles. The van der Waals surface area contributed by atoms with Crippen LogP contribution in [-0.2, 0) is 0 Å². The van der Waals surface area contributed by atoms with Crippen LogP contribution in [0.1, 0.15) is 38.8 Å². The molecule has 0 saturated heterocycles. The lowest BCUT2D eigenvalue weighted by Crippen LogP contribution is -2.23. The van der Waals surface area contributed by atoms with E-state index in [2.05, 4.69) is 34.9 Å². The molecule has 0 radical (unpaired) electrons. The van der Waals surface area contributed by atoms with Crippen LogP contribution >= 0.6 is 0 Å². The summed E-state index contributed by atoms with van der Waals surface area (Å²) in [6.07, 6.45) is 4.06. The van der Waals surface area contributed by atoms with Crippen LogP contribution < -0.4 is 4.90 Å². The Morgan fingerprint density at radius 1 is 1.37 bits per heavy atom. The van der Waals surface area contributed by atoms with Crippen LogP contribution in [0, 0.1) is 0 Å². The van der Waals surface area contributed by atoms with Gasteiger partial charge in [-0.3, -0.25) is 0 Å². The van der Waals surface area contributed by atoms with Crippen LogP contribution in [-0.4, -0.2) is 39.4 Å². The number of aromatic nitrogens is 3. The molecule has 1 unspecified atom stereocenters. The minimum absolute atomic E-state index is 0.293. The molecule has 19 heavy (non-hydrogen) atoms. The Kier molecular flexibility index (Phi) is 4.04. The van der Waals surface area contributed by atoms with Gasteiger partial charge < -0.3 is 10.0 Å². The third-order valence-corrected chi connectivity index (χ3v) is 3.22. The zero-order valence-electron chi connectivity index (χ0n) is 12.0. The number of nitrogens with zero attached hydrogens (tertiary/aromatic N) is 4. The largest absolute Gasteiger partial charge is 0.393 e. The molecule has 0 bridgehead atoms. The molecule has 0 aromatic carbocycles. The van der Waals surface area contributed by atoms with E-state index in [-0.39, 0.29) is 6.10 Å². The zero-order valence-corrected chi connectivity index (χ0v) is 12.0. The first kappa shape index (κ1) is 13.8. The summed E-state index contributed by atoms with van der Waals surface area (Å²) in [5, 5.41) is 13.9. The van der Waals surface area contributed by atoms with Crippen molar-refractivity contribution >= 4 is 11.3 Å². The minimum atomic E-state index is -0.293. The van der Waals surface area contributed by atoms with Gasteiger partial charge in [0.25, 0.3) is 0 Å². The second kappa shape index (κ2) is 5.57. The summed E-state index contributed by atoms with van der Waals surface area (Å²) >= 11 is 0. The highest BCUT2D eigenvalue weighted by Gasteiger charge is 2.13. The number of fused-ring (bicyclic) bond motifs is 1. The lowest BCUT2D eigenvalue weighted by Gasteiger charge is -2.19. The van der Waals surface area contributed by atoms with Gasteiger partial charge in [-0.2, -0.15) is 5.10 Å². The minimum Gasteiger partial charge on any atom is -0.393 e. The van der Waals surface area contributed by atoms with Crippen molar-refractivity contribution in [3.05, 3.63) is 24.2 Å². The number of hydrogen-bond donors (Lipinski definition) is 1. The fraction of sp³-hybridized carbons (Fsp3) is 0.571. The summed E-state index contributed by atoms with van der Waals surface area (Å²) in [5.41, 5.74) is 2.08. The molecule has 5 nitrogen and oxygen atoms in total. The van der Waals surface area contributed by atoms with Gasteiger partial charge in [-0.05, 0) is 25.3 Å². The summed E-state index contributed by atoms with van der Waals surface area (Å²) in [5.74, 6) is 1.30. The fourth-order valence-corrected chi connectivity index (χ4v) is 1.99. The highest BCUT2D eigenvalue weighted by Crippen LogP contribution is 2.22. The van der Waals surface area contributed by atoms with E-state index < -0.39 is 0 Å². The van der Waals surface area contributed by atoms with E-state index in [1.165, 1.54) is 0 Å². The molecule has 104 valence electrons. The van der Waals surface area contributed by atoms with Gasteiger partial charge in [0.1, 0.15) is 5.52 Å². The number of aliphatic hydroxyl groups is 1. The van der Waals surface area contributed by atoms with E-state index in [4.69, 9.17) is 0 Å². The third-order valence-electron chi connectivity index (χ3n) is 3.22. The Morgan fingerprint density at radius 2 is 2.11 bits per heavy atom. The van der Waals surface area contributed by atoms with Gasteiger partial charge in [0, 0.05) is 26.0 Å². The van der Waals surface area contributed by atoms with Crippen LogP contribution in [0.3, 0.4) is 0 Å². The van der Waals surface area contributed by atoms with Gasteiger partial charge in [0.15, 0.2) is 5.82 Å². The second-order valence-electron chi connectivity index (χ2n) is 5.36. The van der Waals surface area contributed by atoms with Gasteiger partial charge in [-0.1, -0.05) is 13.8 Å². The molecule has 0 fully saturated rings. The van der Waals surface area contributed by atoms with Crippen LogP contribution in [0.5, 0.6) is 0 Å². The number of hydrogen-bond acceptors (Lipinski definition) is 4. The molecule has 0 aliphatic carbocycles. The molecular weight excluding hydrogens is 240 g/mol. The van der Waals surface area contributed by atoms with Crippen LogP contribution in [0.4, 0.5) is 5.82 Å². The van der Waals surface area contributed by atoms with Crippen LogP contribution in [0.25, 0.3) is 5.52 Å². The molecule has 0 aliphatic heterocycles. The van der Waals surface area contributed by atoms with Crippen molar-refractivity contribution < 1.29 is 5.11 Å². The van der Waals surface area contributed by atoms with Crippen molar-refractivity contribution in [2.45, 2.75) is 39.2 Å². The quantitative estimate of drug-likeness (QED) is 0.896. The van der Waals surface area contributed by atoms with Crippen molar-refractivity contribution in [2.75, 3.05) is 18.5 Å². The Labute approximate surface area is 113 Å². The van der Waals surface area contributed by atoms with Crippen molar-refractivity contribution in [1.82, 2.24) is 14.6 Å². The third kappa shape index (κ3) is 3.04. The predicted molar refractivity (Wildman–Crippen MR) is 76.6 cm³/mol. The Bertz CT molecular complexity index is 547. The molecule has 0 amide bonds. The maximum atomic E-state index is 9.37. The summed E-state index contributed by atoms with van der Waals surface area (Å²) in [6.45, 7) is 6.84. The number of rotatable bonds is 5. The standard InChI is InChI=1S/C14H22N4O/c1-10(2)12-9-13-14(15-6-8-18(13)16-12)17(4)7-5-11(3)19/h6,8-11,19H,5,7H2,1-4H3. The van der Waals surface area contributed by atoms with E-state index in [9.17, 15) is 5.11 Å². The molecule has 1 atom stereocenters. The van der Waals surface area contributed by atoms with E-state index >= 15 is 0 Å². The van der Waals surface area contributed by atoms with E-state index in [1.54, 1.807) is 13.1 Å². The summed E-state index contributed by atoms with van der Waals surface area (Å²) in [7, 11) is 1.99. The number of aliphatic hydroxyl groups excluding tert-OH is 1. The maximum Gasteiger partial charge on any atom is 0.154 e. The average molecular weight is 262 g/mol. The lowest BCUT2D eigenvalue weighted by molar-refractivity contribution is 0.187. The van der Waals surface area contributed by atoms with Crippen molar-refractivity contribution in [3.8, 4) is 0 Å².